The number of carbonyl (C=O) groups is 2. The molecule has 1 unspecified atom stereocenters. The molecule has 202 valence electrons. The van der Waals surface area contributed by atoms with E-state index in [0.29, 0.717) is 11.4 Å². The van der Waals surface area contributed by atoms with Crippen molar-refractivity contribution in [2.75, 3.05) is 10.8 Å². The fraction of sp³-hybridized carbons (Fsp3) is 0.310. The molecule has 3 aromatic rings. The summed E-state index contributed by atoms with van der Waals surface area (Å²) >= 11 is 6.20. The van der Waals surface area contributed by atoms with Crippen LogP contribution in [0.1, 0.15) is 39.7 Å². The highest BCUT2D eigenvalue weighted by Gasteiger charge is 2.34. The van der Waals surface area contributed by atoms with E-state index in [-0.39, 0.29) is 23.0 Å². The minimum absolute atomic E-state index is 0.0416. The van der Waals surface area contributed by atoms with E-state index in [1.165, 1.54) is 23.1 Å². The molecule has 0 aliphatic heterocycles. The maximum atomic E-state index is 14.0. The Morgan fingerprint density at radius 3 is 2.08 bits per heavy atom. The summed E-state index contributed by atoms with van der Waals surface area (Å²) < 4.78 is 28.6. The first-order valence-corrected chi connectivity index (χ1v) is 14.2. The number of halogens is 1. The zero-order chi connectivity index (χ0) is 27.9. The Balaban J connectivity index is 2.05. The van der Waals surface area contributed by atoms with Gasteiger partial charge in [-0.25, -0.2) is 8.42 Å². The van der Waals surface area contributed by atoms with Gasteiger partial charge in [0.25, 0.3) is 10.0 Å². The van der Waals surface area contributed by atoms with E-state index in [9.17, 15) is 18.0 Å². The van der Waals surface area contributed by atoms with Crippen LogP contribution in [0, 0.1) is 0 Å². The van der Waals surface area contributed by atoms with Crippen molar-refractivity contribution < 1.29 is 18.0 Å². The number of rotatable bonds is 10. The van der Waals surface area contributed by atoms with Crippen molar-refractivity contribution in [3.05, 3.63) is 95.5 Å². The van der Waals surface area contributed by atoms with E-state index >= 15 is 0 Å². The van der Waals surface area contributed by atoms with Crippen LogP contribution in [0.2, 0.25) is 5.02 Å². The summed E-state index contributed by atoms with van der Waals surface area (Å²) in [6, 6.07) is 22.8. The topological polar surface area (TPSA) is 86.8 Å². The van der Waals surface area contributed by atoms with Crippen LogP contribution in [0.3, 0.4) is 0 Å². The number of nitrogens with zero attached hydrogens (tertiary/aromatic N) is 2. The third-order valence-electron chi connectivity index (χ3n) is 5.79. The van der Waals surface area contributed by atoms with E-state index in [2.05, 4.69) is 5.32 Å². The number of hydrogen-bond donors (Lipinski definition) is 1. The summed E-state index contributed by atoms with van der Waals surface area (Å²) in [5.41, 5.74) is 0.569. The van der Waals surface area contributed by atoms with Crippen LogP contribution in [0.5, 0.6) is 0 Å². The minimum atomic E-state index is -4.13. The quantitative estimate of drug-likeness (QED) is 0.370. The molecular weight excluding hydrogens is 522 g/mol. The molecule has 1 atom stereocenters. The van der Waals surface area contributed by atoms with Crippen LogP contribution in [-0.2, 0) is 26.2 Å². The van der Waals surface area contributed by atoms with Crippen LogP contribution in [-0.4, -0.2) is 43.3 Å². The normalized spacial score (nSPS) is 12.4. The molecule has 3 aromatic carbocycles. The van der Waals surface area contributed by atoms with Gasteiger partial charge in [-0.15, -0.1) is 0 Å². The second-order valence-corrected chi connectivity index (χ2v) is 12.3. The van der Waals surface area contributed by atoms with Gasteiger partial charge in [0.2, 0.25) is 11.8 Å². The summed E-state index contributed by atoms with van der Waals surface area (Å²) in [6.07, 6.45) is 0.350. The van der Waals surface area contributed by atoms with Crippen molar-refractivity contribution >= 4 is 39.1 Å². The Morgan fingerprint density at radius 1 is 0.921 bits per heavy atom. The molecule has 0 aliphatic carbocycles. The number of nitrogens with one attached hydrogen (secondary N) is 1. The molecule has 3 rings (SSSR count). The van der Waals surface area contributed by atoms with Gasteiger partial charge in [0, 0.05) is 17.1 Å². The Labute approximate surface area is 230 Å². The number of hydrogen-bond acceptors (Lipinski definition) is 4. The molecule has 38 heavy (non-hydrogen) atoms. The molecule has 2 amide bonds. The Bertz CT molecular complexity index is 1340. The molecule has 0 heterocycles. The second-order valence-electron chi connectivity index (χ2n) is 9.98. The molecule has 0 fully saturated rings. The average Bonchev–Trinajstić information content (AvgIpc) is 2.87. The first kappa shape index (κ1) is 29.2. The molecule has 9 heteroatoms. The fourth-order valence-corrected chi connectivity index (χ4v) is 5.64. The third kappa shape index (κ3) is 7.58. The number of anilines is 1. The van der Waals surface area contributed by atoms with E-state index < -0.39 is 34.1 Å². The van der Waals surface area contributed by atoms with Crippen LogP contribution in [0.25, 0.3) is 0 Å². The molecule has 7 nitrogen and oxygen atoms in total. The van der Waals surface area contributed by atoms with Crippen LogP contribution in [0.15, 0.2) is 89.8 Å². The first-order valence-electron chi connectivity index (χ1n) is 12.4. The van der Waals surface area contributed by atoms with E-state index in [1.807, 2.05) is 58.0 Å². The summed E-state index contributed by atoms with van der Waals surface area (Å²) in [5, 5.41) is 3.29. The molecule has 0 radical (unpaired) electrons. The summed E-state index contributed by atoms with van der Waals surface area (Å²) in [7, 11) is -4.13. The highest BCUT2D eigenvalue weighted by atomic mass is 35.5. The standard InChI is InChI=1S/C29H34ClN3O4S/c1-5-26(28(35)31-29(2,3)4)32(20-22-13-8-6-9-14-22)27(34)21-33(24-16-12-15-23(30)19-24)38(36,37)25-17-10-7-11-18-25/h6-19,26H,5,20-21H2,1-4H3,(H,31,35). The van der Waals surface area contributed by atoms with Gasteiger partial charge in [-0.1, -0.05) is 73.1 Å². The van der Waals surface area contributed by atoms with Crippen LogP contribution >= 0.6 is 11.6 Å². The zero-order valence-electron chi connectivity index (χ0n) is 22.1. The summed E-state index contributed by atoms with van der Waals surface area (Å²) in [5.74, 6) is -0.811. The molecule has 0 saturated carbocycles. The van der Waals surface area contributed by atoms with Gasteiger partial charge < -0.3 is 10.2 Å². The minimum Gasteiger partial charge on any atom is -0.350 e. The van der Waals surface area contributed by atoms with Crippen molar-refractivity contribution in [2.24, 2.45) is 0 Å². The number of benzene rings is 3. The van der Waals surface area contributed by atoms with Gasteiger partial charge in [-0.2, -0.15) is 0 Å². The molecule has 0 spiro atoms. The smallest absolute Gasteiger partial charge is 0.264 e. The SMILES string of the molecule is CCC(C(=O)NC(C)(C)C)N(Cc1ccccc1)C(=O)CN(c1cccc(Cl)c1)S(=O)(=O)c1ccccc1. The Hall–Kier alpha value is -3.36. The van der Waals surface area contributed by atoms with Crippen LogP contribution in [0.4, 0.5) is 5.69 Å². The van der Waals surface area contributed by atoms with E-state index in [4.69, 9.17) is 11.6 Å². The van der Waals surface area contributed by atoms with Crippen molar-refractivity contribution in [2.45, 2.75) is 57.1 Å². The van der Waals surface area contributed by atoms with E-state index in [1.54, 1.807) is 36.4 Å². The monoisotopic (exact) mass is 555 g/mol. The Morgan fingerprint density at radius 2 is 1.53 bits per heavy atom. The first-order chi connectivity index (χ1) is 17.9. The lowest BCUT2D eigenvalue weighted by molar-refractivity contribution is -0.141. The predicted molar refractivity (Wildman–Crippen MR) is 151 cm³/mol. The van der Waals surface area contributed by atoms with Gasteiger partial charge >= 0.3 is 0 Å². The molecule has 0 aromatic heterocycles. The third-order valence-corrected chi connectivity index (χ3v) is 7.81. The van der Waals surface area contributed by atoms with Gasteiger partial charge in [0.15, 0.2) is 0 Å². The predicted octanol–water partition coefficient (Wildman–Crippen LogP) is 5.26. The van der Waals surface area contributed by atoms with Gasteiger partial charge in [0.05, 0.1) is 10.6 Å². The lowest BCUT2D eigenvalue weighted by Crippen LogP contribution is -2.55. The summed E-state index contributed by atoms with van der Waals surface area (Å²) in [4.78, 5) is 28.8. The van der Waals surface area contributed by atoms with Gasteiger partial charge in [-0.3, -0.25) is 13.9 Å². The van der Waals surface area contributed by atoms with E-state index in [0.717, 1.165) is 9.87 Å². The molecular formula is C29H34ClN3O4S. The van der Waals surface area contributed by atoms with Crippen LogP contribution < -0.4 is 9.62 Å². The van der Waals surface area contributed by atoms with Crippen molar-refractivity contribution in [3.8, 4) is 0 Å². The fourth-order valence-electron chi connectivity index (χ4n) is 4.03. The molecule has 0 bridgehead atoms. The average molecular weight is 556 g/mol. The summed E-state index contributed by atoms with van der Waals surface area (Å²) in [6.45, 7) is 7.07. The van der Waals surface area contributed by atoms with Gasteiger partial charge in [0.1, 0.15) is 12.6 Å². The zero-order valence-corrected chi connectivity index (χ0v) is 23.7. The highest BCUT2D eigenvalue weighted by Crippen LogP contribution is 2.27. The maximum absolute atomic E-state index is 14.0. The second kappa shape index (κ2) is 12.5. The highest BCUT2D eigenvalue weighted by molar-refractivity contribution is 7.92. The molecule has 0 aliphatic rings. The lowest BCUT2D eigenvalue weighted by Gasteiger charge is -2.34. The Kier molecular flexibility index (Phi) is 9.57. The largest absolute Gasteiger partial charge is 0.350 e. The lowest BCUT2D eigenvalue weighted by atomic mass is 10.1. The number of amides is 2. The van der Waals surface area contributed by atoms with Gasteiger partial charge in [-0.05, 0) is 63.1 Å². The maximum Gasteiger partial charge on any atom is 0.264 e. The van der Waals surface area contributed by atoms with Crippen molar-refractivity contribution in [3.63, 3.8) is 0 Å². The van der Waals surface area contributed by atoms with Crippen molar-refractivity contribution in [1.82, 2.24) is 10.2 Å². The molecule has 1 N–H and O–H groups in total. The molecule has 0 saturated heterocycles. The van der Waals surface area contributed by atoms with Crippen molar-refractivity contribution in [1.29, 1.82) is 0 Å². The number of carbonyl (C=O) groups excluding carboxylic acids is 2. The number of sulfonamides is 1.